The maximum absolute atomic E-state index is 13.9. The topological polar surface area (TPSA) is 38.8 Å². The summed E-state index contributed by atoms with van der Waals surface area (Å²) in [4.78, 5) is 13.5. The predicted molar refractivity (Wildman–Crippen MR) is 80.3 cm³/mol. The number of benzene rings is 1. The highest BCUT2D eigenvalue weighted by Crippen LogP contribution is 2.34. The Morgan fingerprint density at radius 2 is 2.14 bits per heavy atom. The molecule has 1 aromatic rings. The molecular weight excluding hydrogens is 297 g/mol. The third kappa shape index (κ3) is 3.74. The molecule has 1 aromatic carbocycles. The van der Waals surface area contributed by atoms with Crippen molar-refractivity contribution in [2.24, 2.45) is 0 Å². The van der Waals surface area contributed by atoms with E-state index in [0.717, 1.165) is 0 Å². The van der Waals surface area contributed by atoms with Gasteiger partial charge in [-0.15, -0.1) is 0 Å². The molecule has 1 aliphatic rings. The van der Waals surface area contributed by atoms with Gasteiger partial charge >= 0.3 is 5.97 Å². The number of hydrogen-bond acceptors (Lipinski definition) is 4. The number of hydrogen-bond donors (Lipinski definition) is 0. The van der Waals surface area contributed by atoms with Gasteiger partial charge in [-0.3, -0.25) is 4.79 Å². The van der Waals surface area contributed by atoms with Gasteiger partial charge in [0.15, 0.2) is 0 Å². The van der Waals surface area contributed by atoms with Crippen molar-refractivity contribution in [1.29, 1.82) is 0 Å². The van der Waals surface area contributed by atoms with Gasteiger partial charge in [-0.25, -0.2) is 4.39 Å². The number of halogens is 2. The molecule has 1 fully saturated rings. The van der Waals surface area contributed by atoms with Crippen LogP contribution in [-0.2, 0) is 20.7 Å². The lowest BCUT2D eigenvalue weighted by Crippen LogP contribution is -2.36. The van der Waals surface area contributed by atoms with E-state index in [0.29, 0.717) is 48.1 Å². The molecule has 0 N–H and O–H groups in total. The summed E-state index contributed by atoms with van der Waals surface area (Å²) in [7, 11) is 1.29. The second-order valence-corrected chi connectivity index (χ2v) is 5.15. The molecule has 21 heavy (non-hydrogen) atoms. The zero-order valence-corrected chi connectivity index (χ0v) is 12.6. The fourth-order valence-electron chi connectivity index (χ4n) is 2.38. The van der Waals surface area contributed by atoms with Crippen molar-refractivity contribution in [2.75, 3.05) is 38.3 Å². The lowest BCUT2D eigenvalue weighted by Gasteiger charge is -2.31. The van der Waals surface area contributed by atoms with Crippen LogP contribution in [0.4, 0.5) is 10.1 Å². The molecule has 0 saturated carbocycles. The van der Waals surface area contributed by atoms with Gasteiger partial charge in [0.2, 0.25) is 0 Å². The molecule has 0 aliphatic carbocycles. The Kier molecular flexibility index (Phi) is 5.20. The molecule has 0 unspecified atom stereocenters. The van der Waals surface area contributed by atoms with Gasteiger partial charge in [-0.05, 0) is 17.7 Å². The Bertz CT molecular complexity index is 556. The molecule has 4 nitrogen and oxygen atoms in total. The maximum atomic E-state index is 13.9. The van der Waals surface area contributed by atoms with E-state index in [-0.39, 0.29) is 6.42 Å². The van der Waals surface area contributed by atoms with Crippen LogP contribution in [0.1, 0.15) is 11.1 Å². The van der Waals surface area contributed by atoms with Crippen molar-refractivity contribution in [3.05, 3.63) is 34.9 Å². The fourth-order valence-corrected chi connectivity index (χ4v) is 2.62. The number of ether oxygens (including phenoxy) is 2. The van der Waals surface area contributed by atoms with Gasteiger partial charge < -0.3 is 14.4 Å². The zero-order valence-electron chi connectivity index (χ0n) is 11.8. The zero-order chi connectivity index (χ0) is 15.4. The summed E-state index contributed by atoms with van der Waals surface area (Å²) in [6, 6.07) is 3.26. The molecule has 0 spiro atoms. The van der Waals surface area contributed by atoms with Crippen LogP contribution in [0.15, 0.2) is 18.7 Å². The van der Waals surface area contributed by atoms with E-state index in [1.807, 2.05) is 4.90 Å². The number of morpholine rings is 1. The number of methoxy groups -OCH3 is 1. The van der Waals surface area contributed by atoms with Crippen LogP contribution in [0.3, 0.4) is 0 Å². The normalized spacial score (nSPS) is 14.9. The van der Waals surface area contributed by atoms with E-state index < -0.39 is 11.8 Å². The first-order chi connectivity index (χ1) is 10.0. The SMILES string of the molecule is C=C(F)c1c(CC(=O)OC)cc(Cl)cc1N1CCOCC1. The van der Waals surface area contributed by atoms with Crippen LogP contribution in [0, 0.1) is 0 Å². The first kappa shape index (κ1) is 15.8. The van der Waals surface area contributed by atoms with Crippen molar-refractivity contribution in [1.82, 2.24) is 0 Å². The molecule has 1 heterocycles. The average Bonchev–Trinajstić information content (AvgIpc) is 2.47. The summed E-state index contributed by atoms with van der Waals surface area (Å²) in [5, 5.41) is 0.445. The third-order valence-corrected chi connectivity index (χ3v) is 3.57. The van der Waals surface area contributed by atoms with E-state index in [4.69, 9.17) is 16.3 Å². The van der Waals surface area contributed by atoms with Gasteiger partial charge in [0.1, 0.15) is 5.83 Å². The Labute approximate surface area is 128 Å². The number of carbonyl (C=O) groups is 1. The lowest BCUT2D eigenvalue weighted by molar-refractivity contribution is -0.139. The molecule has 0 radical (unpaired) electrons. The summed E-state index contributed by atoms with van der Waals surface area (Å²) in [6.07, 6.45) is -0.0489. The predicted octanol–water partition coefficient (Wildman–Crippen LogP) is 2.83. The minimum atomic E-state index is -0.591. The Hall–Kier alpha value is -1.59. The number of carbonyl (C=O) groups excluding carboxylic acids is 1. The molecule has 2 rings (SSSR count). The molecule has 1 saturated heterocycles. The van der Waals surface area contributed by atoms with Crippen molar-refractivity contribution in [2.45, 2.75) is 6.42 Å². The standard InChI is InChI=1S/C15H17ClFNO3/c1-10(17)15-11(8-14(19)20-2)7-12(16)9-13(15)18-3-5-21-6-4-18/h7,9H,1,3-6,8H2,2H3. The van der Waals surface area contributed by atoms with Crippen molar-refractivity contribution in [3.63, 3.8) is 0 Å². The van der Waals surface area contributed by atoms with Crippen LogP contribution >= 0.6 is 11.6 Å². The van der Waals surface area contributed by atoms with Gasteiger partial charge in [-0.1, -0.05) is 18.2 Å². The molecule has 114 valence electrons. The minimum Gasteiger partial charge on any atom is -0.469 e. The smallest absolute Gasteiger partial charge is 0.310 e. The summed E-state index contributed by atoms with van der Waals surface area (Å²) in [5.74, 6) is -1.04. The molecule has 0 aromatic heterocycles. The summed E-state index contributed by atoms with van der Waals surface area (Å²) in [5.41, 5.74) is 1.42. The van der Waals surface area contributed by atoms with Crippen LogP contribution in [-0.4, -0.2) is 39.4 Å². The molecule has 0 bridgehead atoms. The number of anilines is 1. The average molecular weight is 314 g/mol. The second-order valence-electron chi connectivity index (χ2n) is 4.72. The molecule has 1 aliphatic heterocycles. The highest BCUT2D eigenvalue weighted by molar-refractivity contribution is 6.31. The van der Waals surface area contributed by atoms with Crippen LogP contribution in [0.2, 0.25) is 5.02 Å². The van der Waals surface area contributed by atoms with E-state index in [9.17, 15) is 9.18 Å². The second kappa shape index (κ2) is 6.91. The summed E-state index contributed by atoms with van der Waals surface area (Å²) in [6.45, 7) is 5.79. The number of rotatable bonds is 4. The maximum Gasteiger partial charge on any atom is 0.310 e. The molecular formula is C15H17ClFNO3. The first-order valence-electron chi connectivity index (χ1n) is 6.59. The first-order valence-corrected chi connectivity index (χ1v) is 6.97. The van der Waals surface area contributed by atoms with E-state index in [1.54, 1.807) is 12.1 Å². The Balaban J connectivity index is 2.47. The summed E-state index contributed by atoms with van der Waals surface area (Å²) >= 11 is 6.11. The highest BCUT2D eigenvalue weighted by Gasteiger charge is 2.21. The minimum absolute atomic E-state index is 0.0489. The van der Waals surface area contributed by atoms with Crippen molar-refractivity contribution < 1.29 is 18.7 Å². The van der Waals surface area contributed by atoms with Gasteiger partial charge in [0.05, 0.1) is 26.7 Å². The lowest BCUT2D eigenvalue weighted by atomic mass is 10.0. The van der Waals surface area contributed by atoms with E-state index in [1.165, 1.54) is 7.11 Å². The van der Waals surface area contributed by atoms with Crippen LogP contribution in [0.25, 0.3) is 5.83 Å². The number of esters is 1. The molecule has 0 atom stereocenters. The third-order valence-electron chi connectivity index (χ3n) is 3.35. The Morgan fingerprint density at radius 1 is 1.48 bits per heavy atom. The van der Waals surface area contributed by atoms with Gasteiger partial charge in [0.25, 0.3) is 0 Å². The molecule has 0 amide bonds. The fraction of sp³-hybridized carbons (Fsp3) is 0.400. The highest BCUT2D eigenvalue weighted by atomic mass is 35.5. The van der Waals surface area contributed by atoms with Crippen LogP contribution < -0.4 is 4.90 Å². The quantitative estimate of drug-likeness (QED) is 0.801. The number of nitrogens with zero attached hydrogens (tertiary/aromatic N) is 1. The largest absolute Gasteiger partial charge is 0.469 e. The van der Waals surface area contributed by atoms with E-state index in [2.05, 4.69) is 11.3 Å². The van der Waals surface area contributed by atoms with Gasteiger partial charge in [-0.2, -0.15) is 0 Å². The van der Waals surface area contributed by atoms with E-state index >= 15 is 0 Å². The monoisotopic (exact) mass is 313 g/mol. The molecule has 6 heteroatoms. The van der Waals surface area contributed by atoms with Crippen molar-refractivity contribution >= 4 is 29.1 Å². The van der Waals surface area contributed by atoms with Crippen molar-refractivity contribution in [3.8, 4) is 0 Å². The van der Waals surface area contributed by atoms with Gasteiger partial charge in [0, 0.05) is 29.4 Å². The Morgan fingerprint density at radius 3 is 2.71 bits per heavy atom. The summed E-state index contributed by atoms with van der Waals surface area (Å²) < 4.78 is 23.9. The van der Waals surface area contributed by atoms with Crippen LogP contribution in [0.5, 0.6) is 0 Å².